The second-order valence-electron chi connectivity index (χ2n) is 5.53. The van der Waals surface area contributed by atoms with Crippen LogP contribution in [0.4, 0.5) is 11.5 Å². The Morgan fingerprint density at radius 3 is 2.68 bits per heavy atom. The number of aromatic nitrogens is 2. The summed E-state index contributed by atoms with van der Waals surface area (Å²) in [7, 11) is 0. The molecular weight excluding hydrogens is 375 g/mol. The van der Waals surface area contributed by atoms with E-state index in [0.717, 1.165) is 16.8 Å². The normalized spacial score (nSPS) is 10.5. The van der Waals surface area contributed by atoms with Crippen LogP contribution in [0.25, 0.3) is 0 Å². The minimum absolute atomic E-state index is 0.490. The van der Waals surface area contributed by atoms with Gasteiger partial charge in [0.15, 0.2) is 10.9 Å². The summed E-state index contributed by atoms with van der Waals surface area (Å²) in [6, 6.07) is 15.2. The SMILES string of the molecule is Cc1ccccc1NC(=S)Nc1ccn(Cc2ccc(Cl)cc2Cl)n1. The van der Waals surface area contributed by atoms with Gasteiger partial charge in [-0.15, -0.1) is 0 Å². The van der Waals surface area contributed by atoms with E-state index in [2.05, 4.69) is 15.7 Å². The van der Waals surface area contributed by atoms with Gasteiger partial charge in [0, 0.05) is 28.0 Å². The predicted octanol–water partition coefficient (Wildman–Crippen LogP) is 5.36. The molecule has 0 fully saturated rings. The number of nitrogens with one attached hydrogen (secondary N) is 2. The Bertz CT molecular complexity index is 908. The molecule has 0 atom stereocenters. The second kappa shape index (κ2) is 7.87. The molecule has 3 rings (SSSR count). The van der Waals surface area contributed by atoms with E-state index in [4.69, 9.17) is 35.4 Å². The van der Waals surface area contributed by atoms with Gasteiger partial charge in [0.25, 0.3) is 0 Å². The van der Waals surface area contributed by atoms with E-state index in [-0.39, 0.29) is 0 Å². The Labute approximate surface area is 161 Å². The maximum absolute atomic E-state index is 6.20. The lowest BCUT2D eigenvalue weighted by Crippen LogP contribution is -2.20. The Morgan fingerprint density at radius 2 is 1.92 bits per heavy atom. The molecule has 128 valence electrons. The average Bonchev–Trinajstić information content (AvgIpc) is 2.99. The zero-order valence-electron chi connectivity index (χ0n) is 13.5. The van der Waals surface area contributed by atoms with Gasteiger partial charge in [0.2, 0.25) is 0 Å². The molecular formula is C18H16Cl2N4S. The van der Waals surface area contributed by atoms with E-state index in [1.807, 2.05) is 55.6 Å². The maximum atomic E-state index is 6.20. The van der Waals surface area contributed by atoms with Crippen LogP contribution in [0.15, 0.2) is 54.7 Å². The third-order valence-electron chi connectivity index (χ3n) is 3.62. The van der Waals surface area contributed by atoms with Crippen molar-refractivity contribution in [2.75, 3.05) is 10.6 Å². The van der Waals surface area contributed by atoms with Crippen molar-refractivity contribution < 1.29 is 0 Å². The molecule has 0 aliphatic rings. The van der Waals surface area contributed by atoms with E-state index < -0.39 is 0 Å². The van der Waals surface area contributed by atoms with Gasteiger partial charge in [-0.05, 0) is 48.5 Å². The number of nitrogens with zero attached hydrogens (tertiary/aromatic N) is 2. The number of benzene rings is 2. The summed E-state index contributed by atoms with van der Waals surface area (Å²) in [5.41, 5.74) is 3.03. The Kier molecular flexibility index (Phi) is 5.58. The largest absolute Gasteiger partial charge is 0.332 e. The molecule has 2 N–H and O–H groups in total. The molecule has 0 aliphatic heterocycles. The average molecular weight is 391 g/mol. The summed E-state index contributed by atoms with van der Waals surface area (Å²) in [4.78, 5) is 0. The molecule has 0 radical (unpaired) electrons. The van der Waals surface area contributed by atoms with Crippen LogP contribution in [0, 0.1) is 6.92 Å². The highest BCUT2D eigenvalue weighted by Gasteiger charge is 2.06. The van der Waals surface area contributed by atoms with Crippen molar-refractivity contribution in [2.45, 2.75) is 13.5 Å². The first-order valence-corrected chi connectivity index (χ1v) is 8.79. The number of rotatable bonds is 4. The molecule has 0 saturated heterocycles. The van der Waals surface area contributed by atoms with Gasteiger partial charge >= 0.3 is 0 Å². The van der Waals surface area contributed by atoms with Gasteiger partial charge < -0.3 is 10.6 Å². The Balaban J connectivity index is 1.63. The zero-order valence-corrected chi connectivity index (χ0v) is 15.8. The third-order valence-corrected chi connectivity index (χ3v) is 4.41. The summed E-state index contributed by atoms with van der Waals surface area (Å²) in [6.45, 7) is 2.57. The van der Waals surface area contributed by atoms with Crippen LogP contribution >= 0.6 is 35.4 Å². The van der Waals surface area contributed by atoms with Crippen molar-refractivity contribution in [3.8, 4) is 0 Å². The van der Waals surface area contributed by atoms with Crippen molar-refractivity contribution in [3.63, 3.8) is 0 Å². The van der Waals surface area contributed by atoms with Crippen molar-refractivity contribution in [3.05, 3.63) is 75.9 Å². The fraction of sp³-hybridized carbons (Fsp3) is 0.111. The molecule has 2 aromatic carbocycles. The molecule has 1 heterocycles. The van der Waals surface area contributed by atoms with Crippen molar-refractivity contribution in [1.82, 2.24) is 9.78 Å². The minimum Gasteiger partial charge on any atom is -0.332 e. The van der Waals surface area contributed by atoms with Crippen LogP contribution in [0.2, 0.25) is 10.0 Å². The van der Waals surface area contributed by atoms with Gasteiger partial charge in [-0.3, -0.25) is 4.68 Å². The summed E-state index contributed by atoms with van der Waals surface area (Å²) < 4.78 is 1.79. The fourth-order valence-electron chi connectivity index (χ4n) is 2.32. The lowest BCUT2D eigenvalue weighted by Gasteiger charge is -2.10. The van der Waals surface area contributed by atoms with E-state index >= 15 is 0 Å². The lowest BCUT2D eigenvalue weighted by atomic mass is 10.2. The number of halogens is 2. The molecule has 0 spiro atoms. The molecule has 1 aromatic heterocycles. The number of aryl methyl sites for hydroxylation is 1. The monoisotopic (exact) mass is 390 g/mol. The first-order chi connectivity index (χ1) is 12.0. The van der Waals surface area contributed by atoms with Crippen LogP contribution < -0.4 is 10.6 Å². The van der Waals surface area contributed by atoms with E-state index in [1.54, 1.807) is 10.7 Å². The molecule has 0 amide bonds. The van der Waals surface area contributed by atoms with Crippen molar-refractivity contribution in [1.29, 1.82) is 0 Å². The highest BCUT2D eigenvalue weighted by atomic mass is 35.5. The number of para-hydroxylation sites is 1. The molecule has 0 unspecified atom stereocenters. The molecule has 4 nitrogen and oxygen atoms in total. The van der Waals surface area contributed by atoms with Crippen molar-refractivity contribution in [2.24, 2.45) is 0 Å². The molecule has 7 heteroatoms. The summed E-state index contributed by atoms with van der Waals surface area (Å²) >= 11 is 17.5. The smallest absolute Gasteiger partial charge is 0.176 e. The van der Waals surface area contributed by atoms with E-state index in [9.17, 15) is 0 Å². The Morgan fingerprint density at radius 1 is 1.12 bits per heavy atom. The number of hydrogen-bond acceptors (Lipinski definition) is 2. The topological polar surface area (TPSA) is 41.9 Å². The number of thiocarbonyl (C=S) groups is 1. The zero-order chi connectivity index (χ0) is 17.8. The van der Waals surface area contributed by atoms with Gasteiger partial charge in [-0.1, -0.05) is 47.5 Å². The second-order valence-corrected chi connectivity index (χ2v) is 6.78. The van der Waals surface area contributed by atoms with Gasteiger partial charge in [-0.2, -0.15) is 5.10 Å². The molecule has 0 aliphatic carbocycles. The number of hydrogen-bond donors (Lipinski definition) is 2. The summed E-state index contributed by atoms with van der Waals surface area (Å²) in [6.07, 6.45) is 1.86. The van der Waals surface area contributed by atoms with Crippen LogP contribution in [-0.4, -0.2) is 14.9 Å². The van der Waals surface area contributed by atoms with Crippen LogP contribution in [-0.2, 0) is 6.54 Å². The quantitative estimate of drug-likeness (QED) is 0.588. The van der Waals surface area contributed by atoms with Crippen LogP contribution in [0.3, 0.4) is 0 Å². The third kappa shape index (κ3) is 4.72. The highest BCUT2D eigenvalue weighted by Crippen LogP contribution is 2.22. The summed E-state index contributed by atoms with van der Waals surface area (Å²) in [5, 5.41) is 12.4. The molecule has 0 saturated carbocycles. The van der Waals surface area contributed by atoms with Crippen molar-refractivity contribution >= 4 is 52.0 Å². The molecule has 25 heavy (non-hydrogen) atoms. The minimum atomic E-state index is 0.490. The van der Waals surface area contributed by atoms with E-state index in [0.29, 0.717) is 27.5 Å². The van der Waals surface area contributed by atoms with E-state index in [1.165, 1.54) is 0 Å². The Hall–Kier alpha value is -2.08. The molecule has 0 bridgehead atoms. The highest BCUT2D eigenvalue weighted by molar-refractivity contribution is 7.80. The lowest BCUT2D eigenvalue weighted by molar-refractivity contribution is 0.690. The first-order valence-electron chi connectivity index (χ1n) is 7.62. The van der Waals surface area contributed by atoms with Crippen LogP contribution in [0.1, 0.15) is 11.1 Å². The van der Waals surface area contributed by atoms with Gasteiger partial charge in [0.1, 0.15) is 0 Å². The standard InChI is InChI=1S/C18H16Cl2N4S/c1-12-4-2-3-5-16(12)21-18(25)22-17-8-9-24(23-17)11-13-6-7-14(19)10-15(13)20/h2-10H,11H2,1H3,(H2,21,22,23,25). The van der Waals surface area contributed by atoms with Crippen LogP contribution in [0.5, 0.6) is 0 Å². The number of anilines is 2. The first kappa shape index (κ1) is 17.7. The molecule has 3 aromatic rings. The fourth-order valence-corrected chi connectivity index (χ4v) is 3.01. The summed E-state index contributed by atoms with van der Waals surface area (Å²) in [5.74, 6) is 0.663. The van der Waals surface area contributed by atoms with Gasteiger partial charge in [0.05, 0.1) is 6.54 Å². The maximum Gasteiger partial charge on any atom is 0.176 e. The van der Waals surface area contributed by atoms with Gasteiger partial charge in [-0.25, -0.2) is 0 Å². The predicted molar refractivity (Wildman–Crippen MR) is 109 cm³/mol.